The van der Waals surface area contributed by atoms with Crippen molar-refractivity contribution in [3.05, 3.63) is 35.5 Å². The maximum atomic E-state index is 12.7. The molecular weight excluding hydrogens is 366 g/mol. The maximum absolute atomic E-state index is 12.7. The molecule has 0 unspecified atom stereocenters. The highest BCUT2D eigenvalue weighted by Crippen LogP contribution is 2.18. The predicted molar refractivity (Wildman–Crippen MR) is 115 cm³/mol. The minimum atomic E-state index is -0.0336. The van der Waals surface area contributed by atoms with Gasteiger partial charge < -0.3 is 15.1 Å². The molecule has 1 atom stereocenters. The number of carbonyl (C=O) groups is 2. The standard InChI is InChI=1S/C22H31N5O2/c1-15(2)9-19-10-17(11-23-19)12-24-21-6-5-18(13-25-21)22(29)27-8-7-20(14-27)26(4)16(3)28/h5-6,10,13,15,20H,7-9,11-12,14H2,1-4H3,(H,24,25)/t20-/m0/s1. The quantitative estimate of drug-likeness (QED) is 0.767. The van der Waals surface area contributed by atoms with Gasteiger partial charge in [-0.05, 0) is 42.5 Å². The molecule has 29 heavy (non-hydrogen) atoms. The number of carbonyl (C=O) groups excluding carboxylic acids is 2. The summed E-state index contributed by atoms with van der Waals surface area (Å²) in [5.41, 5.74) is 3.00. The topological polar surface area (TPSA) is 77.9 Å². The number of hydrogen-bond donors (Lipinski definition) is 1. The van der Waals surface area contributed by atoms with Crippen LogP contribution in [0.1, 0.15) is 44.0 Å². The number of likely N-dealkylation sites (tertiary alicyclic amines) is 1. The molecule has 1 N–H and O–H groups in total. The molecule has 1 fully saturated rings. The average Bonchev–Trinajstić information content (AvgIpc) is 3.35. The summed E-state index contributed by atoms with van der Waals surface area (Å²) in [6.07, 6.45) is 5.62. The van der Waals surface area contributed by atoms with Crippen molar-refractivity contribution in [3.63, 3.8) is 0 Å². The van der Waals surface area contributed by atoms with E-state index in [1.54, 1.807) is 30.0 Å². The Balaban J connectivity index is 1.50. The van der Waals surface area contributed by atoms with Crippen LogP contribution in [0.25, 0.3) is 0 Å². The fraction of sp³-hybridized carbons (Fsp3) is 0.545. The number of allylic oxidation sites excluding steroid dienone is 1. The van der Waals surface area contributed by atoms with Gasteiger partial charge in [0.1, 0.15) is 5.82 Å². The van der Waals surface area contributed by atoms with Crippen molar-refractivity contribution in [3.8, 4) is 0 Å². The first-order valence-corrected chi connectivity index (χ1v) is 10.3. The highest BCUT2D eigenvalue weighted by Gasteiger charge is 2.30. The monoisotopic (exact) mass is 397 g/mol. The predicted octanol–water partition coefficient (Wildman–Crippen LogP) is 2.61. The zero-order chi connectivity index (χ0) is 21.0. The summed E-state index contributed by atoms with van der Waals surface area (Å²) in [5.74, 6) is 1.35. The molecule has 1 saturated heterocycles. The fourth-order valence-corrected chi connectivity index (χ4v) is 3.69. The van der Waals surface area contributed by atoms with E-state index in [0.717, 1.165) is 25.2 Å². The van der Waals surface area contributed by atoms with Crippen LogP contribution in [0.5, 0.6) is 0 Å². The van der Waals surface area contributed by atoms with Crippen molar-refractivity contribution in [2.75, 3.05) is 38.5 Å². The van der Waals surface area contributed by atoms with Gasteiger partial charge in [0.05, 0.1) is 18.2 Å². The molecule has 0 aromatic carbocycles. The molecule has 1 aromatic rings. The number of nitrogens with one attached hydrogen (secondary N) is 1. The van der Waals surface area contributed by atoms with Gasteiger partial charge in [0.2, 0.25) is 5.91 Å². The minimum Gasteiger partial charge on any atom is -0.366 e. The second-order valence-corrected chi connectivity index (χ2v) is 8.32. The number of aliphatic imine (C=N–C) groups is 1. The molecule has 7 nitrogen and oxygen atoms in total. The fourth-order valence-electron chi connectivity index (χ4n) is 3.69. The Labute approximate surface area is 172 Å². The van der Waals surface area contributed by atoms with E-state index in [2.05, 4.69) is 35.2 Å². The Bertz CT molecular complexity index is 813. The summed E-state index contributed by atoms with van der Waals surface area (Å²) in [6.45, 7) is 8.63. The van der Waals surface area contributed by atoms with Crippen molar-refractivity contribution in [2.24, 2.45) is 10.9 Å². The molecule has 2 aliphatic rings. The lowest BCUT2D eigenvalue weighted by Crippen LogP contribution is -2.38. The van der Waals surface area contributed by atoms with Crippen molar-refractivity contribution >= 4 is 23.3 Å². The Morgan fingerprint density at radius 3 is 2.79 bits per heavy atom. The molecule has 2 aliphatic heterocycles. The highest BCUT2D eigenvalue weighted by atomic mass is 16.2. The third-order valence-electron chi connectivity index (χ3n) is 5.48. The molecule has 3 rings (SSSR count). The largest absolute Gasteiger partial charge is 0.366 e. The van der Waals surface area contributed by atoms with Gasteiger partial charge >= 0.3 is 0 Å². The van der Waals surface area contributed by atoms with E-state index >= 15 is 0 Å². The minimum absolute atomic E-state index is 0.0282. The van der Waals surface area contributed by atoms with E-state index in [-0.39, 0.29) is 17.9 Å². The van der Waals surface area contributed by atoms with E-state index in [0.29, 0.717) is 31.1 Å². The number of pyridine rings is 1. The van der Waals surface area contributed by atoms with Gasteiger partial charge in [-0.25, -0.2) is 4.98 Å². The van der Waals surface area contributed by atoms with Crippen molar-refractivity contribution in [1.29, 1.82) is 0 Å². The van der Waals surface area contributed by atoms with Crippen LogP contribution >= 0.6 is 0 Å². The number of likely N-dealkylation sites (N-methyl/N-ethyl adjacent to an activating group) is 1. The Morgan fingerprint density at radius 1 is 1.34 bits per heavy atom. The van der Waals surface area contributed by atoms with E-state index < -0.39 is 0 Å². The first kappa shape index (κ1) is 21.0. The first-order valence-electron chi connectivity index (χ1n) is 10.3. The molecule has 0 saturated carbocycles. The molecular formula is C22H31N5O2. The summed E-state index contributed by atoms with van der Waals surface area (Å²) in [6, 6.07) is 3.74. The van der Waals surface area contributed by atoms with Gasteiger partial charge in [-0.2, -0.15) is 0 Å². The normalized spacial score (nSPS) is 18.7. The molecule has 0 spiro atoms. The smallest absolute Gasteiger partial charge is 0.255 e. The van der Waals surface area contributed by atoms with Crippen molar-refractivity contribution in [1.82, 2.24) is 14.8 Å². The van der Waals surface area contributed by atoms with Crippen LogP contribution in [-0.4, -0.2) is 71.6 Å². The third kappa shape index (κ3) is 5.43. The second kappa shape index (κ2) is 9.20. The maximum Gasteiger partial charge on any atom is 0.255 e. The number of amides is 2. The van der Waals surface area contributed by atoms with E-state index in [4.69, 9.17) is 0 Å². The molecule has 156 valence electrons. The van der Waals surface area contributed by atoms with Crippen LogP contribution in [0.4, 0.5) is 5.82 Å². The summed E-state index contributed by atoms with van der Waals surface area (Å²) in [7, 11) is 1.79. The van der Waals surface area contributed by atoms with Crippen LogP contribution in [0.3, 0.4) is 0 Å². The van der Waals surface area contributed by atoms with Gasteiger partial charge in [0.15, 0.2) is 0 Å². The summed E-state index contributed by atoms with van der Waals surface area (Å²) < 4.78 is 0. The lowest BCUT2D eigenvalue weighted by Gasteiger charge is -2.23. The van der Waals surface area contributed by atoms with Gasteiger partial charge in [0.25, 0.3) is 5.91 Å². The first-order chi connectivity index (χ1) is 13.8. The highest BCUT2D eigenvalue weighted by molar-refractivity contribution is 5.97. The van der Waals surface area contributed by atoms with Gasteiger partial charge in [-0.3, -0.25) is 14.6 Å². The molecule has 3 heterocycles. The zero-order valence-corrected chi connectivity index (χ0v) is 17.8. The lowest BCUT2D eigenvalue weighted by molar-refractivity contribution is -0.129. The number of aromatic nitrogens is 1. The van der Waals surface area contributed by atoms with Crippen molar-refractivity contribution < 1.29 is 9.59 Å². The summed E-state index contributed by atoms with van der Waals surface area (Å²) >= 11 is 0. The molecule has 2 amide bonds. The zero-order valence-electron chi connectivity index (χ0n) is 17.8. The molecule has 0 bridgehead atoms. The van der Waals surface area contributed by atoms with E-state index in [9.17, 15) is 9.59 Å². The molecule has 0 radical (unpaired) electrons. The lowest BCUT2D eigenvalue weighted by atomic mass is 10.1. The van der Waals surface area contributed by atoms with Crippen LogP contribution in [-0.2, 0) is 4.79 Å². The van der Waals surface area contributed by atoms with Crippen LogP contribution in [0.2, 0.25) is 0 Å². The Kier molecular flexibility index (Phi) is 6.67. The molecule has 1 aromatic heterocycles. The van der Waals surface area contributed by atoms with Crippen molar-refractivity contribution in [2.45, 2.75) is 39.7 Å². The number of hydrogen-bond acceptors (Lipinski definition) is 5. The van der Waals surface area contributed by atoms with Gasteiger partial charge in [0, 0.05) is 45.5 Å². The van der Waals surface area contributed by atoms with E-state index in [1.807, 2.05) is 12.1 Å². The van der Waals surface area contributed by atoms with Crippen LogP contribution < -0.4 is 5.32 Å². The van der Waals surface area contributed by atoms with Crippen LogP contribution in [0.15, 0.2) is 35.0 Å². The van der Waals surface area contributed by atoms with Gasteiger partial charge in [-0.15, -0.1) is 0 Å². The Hall–Kier alpha value is -2.70. The van der Waals surface area contributed by atoms with Crippen LogP contribution in [0, 0.1) is 5.92 Å². The third-order valence-corrected chi connectivity index (χ3v) is 5.48. The number of anilines is 1. The number of nitrogens with zero attached hydrogens (tertiary/aromatic N) is 4. The van der Waals surface area contributed by atoms with E-state index in [1.165, 1.54) is 11.3 Å². The SMILES string of the molecule is CC(=O)N(C)[C@H]1CCN(C(=O)c2ccc(NCC3=CC(CC(C)C)=NC3)nc2)C1. The number of rotatable bonds is 7. The average molecular weight is 398 g/mol. The Morgan fingerprint density at radius 2 is 2.14 bits per heavy atom. The molecule has 7 heteroatoms. The summed E-state index contributed by atoms with van der Waals surface area (Å²) in [5, 5.41) is 3.31. The summed E-state index contributed by atoms with van der Waals surface area (Å²) in [4.78, 5) is 36.7. The second-order valence-electron chi connectivity index (χ2n) is 8.32. The molecule has 0 aliphatic carbocycles. The van der Waals surface area contributed by atoms with Gasteiger partial charge in [-0.1, -0.05) is 13.8 Å².